The standard InChI is InChI=1S/C31H40N4/c1-3-5-7-8-9-10-14-27-19-23-29(24-20-27)34(28-21-17-26(18-22-28)13-6-4-2)25-35-31-16-12-11-15-30(31)32-33-35/h11-12,15-24H,3-10,13-14,25H2,1-2H3. The number of para-hydroxylation sites is 1. The van der Waals surface area contributed by atoms with E-state index in [1.165, 1.54) is 73.9 Å². The van der Waals surface area contributed by atoms with Gasteiger partial charge < -0.3 is 4.90 Å². The number of benzene rings is 3. The Kier molecular flexibility index (Phi) is 9.33. The van der Waals surface area contributed by atoms with E-state index in [1.54, 1.807) is 0 Å². The van der Waals surface area contributed by atoms with Crippen molar-refractivity contribution in [3.8, 4) is 0 Å². The predicted molar refractivity (Wildman–Crippen MR) is 148 cm³/mol. The molecule has 1 heterocycles. The van der Waals surface area contributed by atoms with Crippen molar-refractivity contribution in [3.05, 3.63) is 83.9 Å². The third-order valence-electron chi connectivity index (χ3n) is 6.83. The molecule has 4 heteroatoms. The third-order valence-corrected chi connectivity index (χ3v) is 6.83. The second kappa shape index (κ2) is 13.1. The molecule has 0 radical (unpaired) electrons. The fourth-order valence-electron chi connectivity index (χ4n) is 4.64. The Labute approximate surface area is 211 Å². The van der Waals surface area contributed by atoms with Crippen LogP contribution in [-0.4, -0.2) is 15.0 Å². The third kappa shape index (κ3) is 6.94. The molecule has 0 atom stereocenters. The van der Waals surface area contributed by atoms with E-state index >= 15 is 0 Å². The summed E-state index contributed by atoms with van der Waals surface area (Å²) in [5.74, 6) is 0. The normalized spacial score (nSPS) is 11.3. The monoisotopic (exact) mass is 468 g/mol. The first-order valence-corrected chi connectivity index (χ1v) is 13.5. The van der Waals surface area contributed by atoms with Crippen LogP contribution in [0.5, 0.6) is 0 Å². The Morgan fingerprint density at radius 2 is 1.20 bits per heavy atom. The average Bonchev–Trinajstić information content (AvgIpc) is 3.32. The van der Waals surface area contributed by atoms with Crippen LogP contribution < -0.4 is 4.90 Å². The van der Waals surface area contributed by atoms with Gasteiger partial charge in [0, 0.05) is 11.4 Å². The molecule has 1 aromatic heterocycles. The van der Waals surface area contributed by atoms with Crippen molar-refractivity contribution in [2.75, 3.05) is 4.90 Å². The molecule has 0 saturated heterocycles. The van der Waals surface area contributed by atoms with Crippen LogP contribution in [0.25, 0.3) is 11.0 Å². The molecule has 0 aliphatic rings. The SMILES string of the molecule is CCCCCCCCc1ccc(N(Cn2nnc3ccccc32)c2ccc(CCCC)cc2)cc1. The van der Waals surface area contributed by atoms with E-state index < -0.39 is 0 Å². The van der Waals surface area contributed by atoms with Crippen molar-refractivity contribution < 1.29 is 0 Å². The molecule has 0 bridgehead atoms. The van der Waals surface area contributed by atoms with Crippen molar-refractivity contribution >= 4 is 22.4 Å². The van der Waals surface area contributed by atoms with Gasteiger partial charge in [-0.3, -0.25) is 0 Å². The fourth-order valence-corrected chi connectivity index (χ4v) is 4.64. The molecule has 35 heavy (non-hydrogen) atoms. The summed E-state index contributed by atoms with van der Waals surface area (Å²) in [4.78, 5) is 2.33. The summed E-state index contributed by atoms with van der Waals surface area (Å²) in [6.07, 6.45) is 12.8. The van der Waals surface area contributed by atoms with Gasteiger partial charge in [-0.25, -0.2) is 4.68 Å². The van der Waals surface area contributed by atoms with E-state index in [1.807, 2.05) is 22.9 Å². The van der Waals surface area contributed by atoms with E-state index in [-0.39, 0.29) is 0 Å². The number of hydrogen-bond acceptors (Lipinski definition) is 3. The van der Waals surface area contributed by atoms with Crippen LogP contribution in [0.15, 0.2) is 72.8 Å². The molecule has 0 fully saturated rings. The summed E-state index contributed by atoms with van der Waals surface area (Å²) in [5, 5.41) is 8.83. The number of aryl methyl sites for hydroxylation is 2. The molecule has 4 aromatic rings. The molecule has 0 aliphatic heterocycles. The second-order valence-corrected chi connectivity index (χ2v) is 9.60. The minimum atomic E-state index is 0.617. The topological polar surface area (TPSA) is 34.0 Å². The van der Waals surface area contributed by atoms with Crippen LogP contribution in [0, 0.1) is 0 Å². The first-order valence-electron chi connectivity index (χ1n) is 13.5. The van der Waals surface area contributed by atoms with E-state index in [4.69, 9.17) is 0 Å². The number of anilines is 2. The highest BCUT2D eigenvalue weighted by Gasteiger charge is 2.13. The number of nitrogens with zero attached hydrogens (tertiary/aromatic N) is 4. The number of hydrogen-bond donors (Lipinski definition) is 0. The smallest absolute Gasteiger partial charge is 0.119 e. The lowest BCUT2D eigenvalue weighted by molar-refractivity contribution is 0.607. The van der Waals surface area contributed by atoms with Gasteiger partial charge in [-0.15, -0.1) is 5.10 Å². The van der Waals surface area contributed by atoms with Gasteiger partial charge in [0.15, 0.2) is 0 Å². The molecular formula is C31H40N4. The summed E-state index contributed by atoms with van der Waals surface area (Å²) < 4.78 is 1.99. The van der Waals surface area contributed by atoms with Crippen molar-refractivity contribution in [3.63, 3.8) is 0 Å². The average molecular weight is 469 g/mol. The highest BCUT2D eigenvalue weighted by molar-refractivity contribution is 5.74. The number of fused-ring (bicyclic) bond motifs is 1. The first kappa shape index (κ1) is 25.0. The molecule has 4 rings (SSSR count). The predicted octanol–water partition coefficient (Wildman–Crippen LogP) is 8.47. The first-order chi connectivity index (χ1) is 17.3. The van der Waals surface area contributed by atoms with Gasteiger partial charge in [0.1, 0.15) is 12.2 Å². The fraction of sp³-hybridized carbons (Fsp3) is 0.419. The van der Waals surface area contributed by atoms with Crippen LogP contribution >= 0.6 is 0 Å². The molecule has 184 valence electrons. The Bertz CT molecular complexity index is 1140. The Morgan fingerprint density at radius 1 is 0.629 bits per heavy atom. The maximum Gasteiger partial charge on any atom is 0.119 e. The molecule has 0 saturated carbocycles. The zero-order valence-electron chi connectivity index (χ0n) is 21.5. The van der Waals surface area contributed by atoms with Crippen molar-refractivity contribution in [2.45, 2.75) is 84.7 Å². The lowest BCUT2D eigenvalue weighted by atomic mass is 10.0. The summed E-state index contributed by atoms with van der Waals surface area (Å²) in [6, 6.07) is 26.3. The zero-order chi connectivity index (χ0) is 24.3. The molecule has 4 nitrogen and oxygen atoms in total. The Balaban J connectivity index is 1.51. The van der Waals surface area contributed by atoms with Gasteiger partial charge in [0.05, 0.1) is 5.52 Å². The van der Waals surface area contributed by atoms with Gasteiger partial charge >= 0.3 is 0 Å². The van der Waals surface area contributed by atoms with E-state index in [2.05, 4.69) is 83.7 Å². The molecule has 0 aliphatic carbocycles. The van der Waals surface area contributed by atoms with E-state index in [9.17, 15) is 0 Å². The summed E-state index contributed by atoms with van der Waals surface area (Å²) >= 11 is 0. The highest BCUT2D eigenvalue weighted by atomic mass is 15.5. The number of aromatic nitrogens is 3. The minimum Gasteiger partial charge on any atom is -0.321 e. The molecule has 0 N–H and O–H groups in total. The van der Waals surface area contributed by atoms with Gasteiger partial charge in [-0.05, 0) is 73.2 Å². The molecule has 0 spiro atoms. The van der Waals surface area contributed by atoms with Crippen LogP contribution in [0.4, 0.5) is 11.4 Å². The summed E-state index contributed by atoms with van der Waals surface area (Å²) in [7, 11) is 0. The van der Waals surface area contributed by atoms with Gasteiger partial charge in [0.2, 0.25) is 0 Å². The quantitative estimate of drug-likeness (QED) is 0.174. The highest BCUT2D eigenvalue weighted by Crippen LogP contribution is 2.28. The van der Waals surface area contributed by atoms with Crippen molar-refractivity contribution in [1.29, 1.82) is 0 Å². The molecule has 0 amide bonds. The Morgan fingerprint density at radius 3 is 1.86 bits per heavy atom. The van der Waals surface area contributed by atoms with Gasteiger partial charge in [-0.2, -0.15) is 0 Å². The van der Waals surface area contributed by atoms with Crippen LogP contribution in [0.2, 0.25) is 0 Å². The lowest BCUT2D eigenvalue weighted by Crippen LogP contribution is -2.22. The van der Waals surface area contributed by atoms with Crippen LogP contribution in [0.1, 0.15) is 76.3 Å². The van der Waals surface area contributed by atoms with Crippen LogP contribution in [0.3, 0.4) is 0 Å². The van der Waals surface area contributed by atoms with Gasteiger partial charge in [-0.1, -0.05) is 94.0 Å². The minimum absolute atomic E-state index is 0.617. The van der Waals surface area contributed by atoms with Crippen molar-refractivity contribution in [1.82, 2.24) is 15.0 Å². The summed E-state index contributed by atoms with van der Waals surface area (Å²) in [5.41, 5.74) is 7.15. The van der Waals surface area contributed by atoms with Crippen molar-refractivity contribution in [2.24, 2.45) is 0 Å². The number of unbranched alkanes of at least 4 members (excludes halogenated alkanes) is 6. The lowest BCUT2D eigenvalue weighted by Gasteiger charge is -2.25. The largest absolute Gasteiger partial charge is 0.321 e. The van der Waals surface area contributed by atoms with Crippen LogP contribution in [-0.2, 0) is 19.5 Å². The van der Waals surface area contributed by atoms with E-state index in [0.29, 0.717) is 6.67 Å². The Hall–Kier alpha value is -3.14. The number of rotatable bonds is 14. The molecule has 0 unspecified atom stereocenters. The zero-order valence-corrected chi connectivity index (χ0v) is 21.5. The maximum atomic E-state index is 4.46. The van der Waals surface area contributed by atoms with Gasteiger partial charge in [0.25, 0.3) is 0 Å². The maximum absolute atomic E-state index is 4.46. The second-order valence-electron chi connectivity index (χ2n) is 9.60. The summed E-state index contributed by atoms with van der Waals surface area (Å²) in [6.45, 7) is 5.14. The molecular weight excluding hydrogens is 428 g/mol. The van der Waals surface area contributed by atoms with E-state index in [0.717, 1.165) is 23.9 Å². The molecule has 3 aromatic carbocycles.